The van der Waals surface area contributed by atoms with Crippen LogP contribution in [0.25, 0.3) is 0 Å². The second-order valence-corrected chi connectivity index (χ2v) is 6.31. The van der Waals surface area contributed by atoms with Crippen LogP contribution < -0.4 is 5.32 Å². The van der Waals surface area contributed by atoms with Crippen molar-refractivity contribution in [3.8, 4) is 0 Å². The lowest BCUT2D eigenvalue weighted by atomic mass is 10.1. The van der Waals surface area contributed by atoms with Gasteiger partial charge in [0.1, 0.15) is 0 Å². The van der Waals surface area contributed by atoms with Crippen LogP contribution in [-0.2, 0) is 0 Å². The fourth-order valence-corrected chi connectivity index (χ4v) is 3.53. The first-order valence-corrected chi connectivity index (χ1v) is 8.20. The van der Waals surface area contributed by atoms with Gasteiger partial charge in [-0.15, -0.1) is 11.3 Å². The normalized spacial score (nSPS) is 21.6. The molecule has 18 heavy (non-hydrogen) atoms. The molecule has 0 saturated carbocycles. The summed E-state index contributed by atoms with van der Waals surface area (Å²) in [6.45, 7) is 8.28. The number of hydrogen-bond donors (Lipinski definition) is 1. The minimum absolute atomic E-state index is 0.568. The number of rotatable bonds is 7. The molecule has 1 N–H and O–H groups in total. The van der Waals surface area contributed by atoms with Gasteiger partial charge >= 0.3 is 0 Å². The molecule has 0 radical (unpaired) electrons. The van der Waals surface area contributed by atoms with Crippen molar-refractivity contribution in [2.24, 2.45) is 0 Å². The first-order valence-electron chi connectivity index (χ1n) is 7.32. The Hall–Kier alpha value is -0.380. The Kier molecular flexibility index (Phi) is 5.67. The van der Waals surface area contributed by atoms with Crippen LogP contribution in [0.1, 0.15) is 50.4 Å². The standard InChI is InChI=1S/C15H26N2S/c1-3-4-10-17(12-14-7-5-9-16-14)13(2)15-8-6-11-18-15/h6,8,11,13-14,16H,3-5,7,9-10,12H2,1-2H3. The summed E-state index contributed by atoms with van der Waals surface area (Å²) in [4.78, 5) is 4.17. The van der Waals surface area contributed by atoms with Crippen molar-refractivity contribution < 1.29 is 0 Å². The van der Waals surface area contributed by atoms with E-state index >= 15 is 0 Å². The molecule has 0 bridgehead atoms. The van der Waals surface area contributed by atoms with Crippen LogP contribution in [0.3, 0.4) is 0 Å². The van der Waals surface area contributed by atoms with Gasteiger partial charge in [0.05, 0.1) is 0 Å². The predicted octanol–water partition coefficient (Wildman–Crippen LogP) is 3.66. The Bertz CT molecular complexity index is 317. The summed E-state index contributed by atoms with van der Waals surface area (Å²) in [6.07, 6.45) is 5.29. The summed E-state index contributed by atoms with van der Waals surface area (Å²) in [6, 6.07) is 5.72. The lowest BCUT2D eigenvalue weighted by molar-refractivity contribution is 0.192. The SMILES string of the molecule is CCCCN(CC1CCCN1)C(C)c1cccs1. The minimum Gasteiger partial charge on any atom is -0.313 e. The van der Waals surface area contributed by atoms with Gasteiger partial charge in [0.15, 0.2) is 0 Å². The number of unbranched alkanes of at least 4 members (excludes halogenated alkanes) is 1. The fourth-order valence-electron chi connectivity index (χ4n) is 2.71. The summed E-state index contributed by atoms with van der Waals surface area (Å²) in [5.41, 5.74) is 0. The van der Waals surface area contributed by atoms with E-state index in [2.05, 4.69) is 41.6 Å². The first-order chi connectivity index (χ1) is 8.81. The highest BCUT2D eigenvalue weighted by Crippen LogP contribution is 2.25. The van der Waals surface area contributed by atoms with Crippen molar-refractivity contribution in [3.05, 3.63) is 22.4 Å². The highest BCUT2D eigenvalue weighted by atomic mass is 32.1. The van der Waals surface area contributed by atoms with Gasteiger partial charge in [-0.3, -0.25) is 4.90 Å². The van der Waals surface area contributed by atoms with Crippen LogP contribution in [0.5, 0.6) is 0 Å². The van der Waals surface area contributed by atoms with Crippen LogP contribution >= 0.6 is 11.3 Å². The number of hydrogen-bond acceptors (Lipinski definition) is 3. The molecule has 1 aromatic heterocycles. The Morgan fingerprint density at radius 1 is 1.56 bits per heavy atom. The van der Waals surface area contributed by atoms with E-state index in [0.717, 1.165) is 0 Å². The van der Waals surface area contributed by atoms with Gasteiger partial charge in [-0.1, -0.05) is 19.4 Å². The molecule has 1 aromatic rings. The third-order valence-corrected chi connectivity index (χ3v) is 4.96. The van der Waals surface area contributed by atoms with Crippen molar-refractivity contribution in [2.45, 2.75) is 51.6 Å². The average Bonchev–Trinajstić information content (AvgIpc) is 3.06. The molecule has 2 unspecified atom stereocenters. The predicted molar refractivity (Wildman–Crippen MR) is 80.2 cm³/mol. The molecule has 2 atom stereocenters. The van der Waals surface area contributed by atoms with E-state index in [-0.39, 0.29) is 0 Å². The second-order valence-electron chi connectivity index (χ2n) is 5.33. The maximum atomic E-state index is 3.63. The quantitative estimate of drug-likeness (QED) is 0.810. The maximum absolute atomic E-state index is 3.63. The topological polar surface area (TPSA) is 15.3 Å². The van der Waals surface area contributed by atoms with Crippen molar-refractivity contribution in [2.75, 3.05) is 19.6 Å². The summed E-state index contributed by atoms with van der Waals surface area (Å²) in [5, 5.41) is 5.82. The van der Waals surface area contributed by atoms with Crippen LogP contribution in [0.2, 0.25) is 0 Å². The van der Waals surface area contributed by atoms with Crippen molar-refractivity contribution in [1.82, 2.24) is 10.2 Å². The first kappa shape index (κ1) is 14.0. The minimum atomic E-state index is 0.568. The largest absolute Gasteiger partial charge is 0.313 e. The molecule has 2 rings (SSSR count). The van der Waals surface area contributed by atoms with E-state index in [1.807, 2.05) is 11.3 Å². The Morgan fingerprint density at radius 3 is 3.06 bits per heavy atom. The number of nitrogens with zero attached hydrogens (tertiary/aromatic N) is 1. The van der Waals surface area contributed by atoms with Crippen molar-refractivity contribution in [3.63, 3.8) is 0 Å². The Morgan fingerprint density at radius 2 is 2.44 bits per heavy atom. The van der Waals surface area contributed by atoms with E-state index in [1.165, 1.54) is 50.2 Å². The Labute approximate surface area is 115 Å². The highest BCUT2D eigenvalue weighted by molar-refractivity contribution is 7.10. The van der Waals surface area contributed by atoms with Gasteiger partial charge in [-0.2, -0.15) is 0 Å². The van der Waals surface area contributed by atoms with Crippen molar-refractivity contribution in [1.29, 1.82) is 0 Å². The van der Waals surface area contributed by atoms with E-state index in [0.29, 0.717) is 12.1 Å². The van der Waals surface area contributed by atoms with Crippen LogP contribution in [0.4, 0.5) is 0 Å². The maximum Gasteiger partial charge on any atom is 0.0413 e. The van der Waals surface area contributed by atoms with Crippen LogP contribution in [-0.4, -0.2) is 30.6 Å². The summed E-state index contributed by atoms with van der Waals surface area (Å²) in [5.74, 6) is 0. The van der Waals surface area contributed by atoms with E-state index < -0.39 is 0 Å². The molecule has 0 aliphatic carbocycles. The molecular formula is C15H26N2S. The number of nitrogens with one attached hydrogen (secondary N) is 1. The van der Waals surface area contributed by atoms with Crippen LogP contribution in [0.15, 0.2) is 17.5 Å². The van der Waals surface area contributed by atoms with Gasteiger partial charge in [-0.05, 0) is 50.7 Å². The molecule has 1 fully saturated rings. The average molecular weight is 266 g/mol. The summed E-state index contributed by atoms with van der Waals surface area (Å²) in [7, 11) is 0. The fraction of sp³-hybridized carbons (Fsp3) is 0.733. The van der Waals surface area contributed by atoms with Gasteiger partial charge in [0.2, 0.25) is 0 Å². The zero-order valence-corrected chi connectivity index (χ0v) is 12.5. The zero-order chi connectivity index (χ0) is 12.8. The van der Waals surface area contributed by atoms with Crippen molar-refractivity contribution >= 4 is 11.3 Å². The Balaban J connectivity index is 1.94. The molecule has 0 amide bonds. The lowest BCUT2D eigenvalue weighted by Crippen LogP contribution is -2.39. The number of thiophene rings is 1. The lowest BCUT2D eigenvalue weighted by Gasteiger charge is -2.31. The van der Waals surface area contributed by atoms with E-state index in [4.69, 9.17) is 0 Å². The van der Waals surface area contributed by atoms with Gasteiger partial charge in [0.25, 0.3) is 0 Å². The summed E-state index contributed by atoms with van der Waals surface area (Å²) >= 11 is 1.89. The molecule has 1 aliphatic heterocycles. The second kappa shape index (κ2) is 7.27. The third-order valence-electron chi connectivity index (χ3n) is 3.92. The molecule has 0 aromatic carbocycles. The third kappa shape index (κ3) is 3.81. The molecule has 2 heterocycles. The van der Waals surface area contributed by atoms with Gasteiger partial charge in [-0.25, -0.2) is 0 Å². The molecule has 0 spiro atoms. The van der Waals surface area contributed by atoms with E-state index in [1.54, 1.807) is 0 Å². The molecule has 1 aliphatic rings. The monoisotopic (exact) mass is 266 g/mol. The van der Waals surface area contributed by atoms with Gasteiger partial charge < -0.3 is 5.32 Å². The van der Waals surface area contributed by atoms with E-state index in [9.17, 15) is 0 Å². The smallest absolute Gasteiger partial charge is 0.0413 e. The summed E-state index contributed by atoms with van der Waals surface area (Å²) < 4.78 is 0. The van der Waals surface area contributed by atoms with Gasteiger partial charge in [0, 0.05) is 23.5 Å². The zero-order valence-electron chi connectivity index (χ0n) is 11.7. The molecular weight excluding hydrogens is 240 g/mol. The molecule has 1 saturated heterocycles. The molecule has 3 heteroatoms. The van der Waals surface area contributed by atoms with Crippen LogP contribution in [0, 0.1) is 0 Å². The molecule has 102 valence electrons. The highest BCUT2D eigenvalue weighted by Gasteiger charge is 2.22. The molecule has 2 nitrogen and oxygen atoms in total.